The van der Waals surface area contributed by atoms with Crippen LogP contribution >= 0.6 is 0 Å². The molecule has 66 valence electrons. The van der Waals surface area contributed by atoms with Crippen LogP contribution in [0, 0.1) is 17.2 Å². The van der Waals surface area contributed by atoms with Crippen molar-refractivity contribution in [2.24, 2.45) is 5.92 Å². The van der Waals surface area contributed by atoms with E-state index in [9.17, 15) is 9.18 Å². The number of carbonyl (C=O) groups is 1. The highest BCUT2D eigenvalue weighted by molar-refractivity contribution is 5.37. The molecule has 1 aliphatic carbocycles. The van der Waals surface area contributed by atoms with Crippen LogP contribution in [0.5, 0.6) is 0 Å². The Morgan fingerprint density at radius 2 is 2.33 bits per heavy atom. The number of hydrogen-bond donors (Lipinski definition) is 0. The van der Waals surface area contributed by atoms with Gasteiger partial charge >= 0.3 is 0 Å². The Bertz CT molecular complexity index is 202. The van der Waals surface area contributed by atoms with Gasteiger partial charge in [0.25, 0.3) is 6.47 Å². The van der Waals surface area contributed by atoms with Crippen LogP contribution in [0.25, 0.3) is 0 Å². The summed E-state index contributed by atoms with van der Waals surface area (Å²) in [6.45, 7) is 0.337. The number of nitrogens with zero attached hydrogens (tertiary/aromatic N) is 1. The van der Waals surface area contributed by atoms with Gasteiger partial charge in [-0.3, -0.25) is 4.79 Å². The maximum atomic E-state index is 13.0. The van der Waals surface area contributed by atoms with Crippen LogP contribution in [0.15, 0.2) is 0 Å². The summed E-state index contributed by atoms with van der Waals surface area (Å²) in [5.74, 6) is -0.517. The van der Waals surface area contributed by atoms with Crippen LogP contribution in [0.3, 0.4) is 0 Å². The molecule has 0 spiro atoms. The minimum atomic E-state index is -1.14. The highest BCUT2D eigenvalue weighted by Gasteiger charge is 2.31. The minimum absolute atomic E-state index is 0.164. The van der Waals surface area contributed by atoms with Gasteiger partial charge < -0.3 is 4.74 Å². The Labute approximate surface area is 70.1 Å². The highest BCUT2D eigenvalue weighted by atomic mass is 19.1. The summed E-state index contributed by atoms with van der Waals surface area (Å²) in [5, 5.41) is 8.48. The SMILES string of the molecule is N#CC1CCC(OC=O)CC1F. The van der Waals surface area contributed by atoms with Gasteiger partial charge in [0, 0.05) is 6.42 Å². The zero-order valence-corrected chi connectivity index (χ0v) is 6.57. The maximum absolute atomic E-state index is 13.0. The molecule has 3 nitrogen and oxygen atoms in total. The van der Waals surface area contributed by atoms with E-state index < -0.39 is 12.1 Å². The van der Waals surface area contributed by atoms with Crippen molar-refractivity contribution in [3.8, 4) is 6.07 Å². The van der Waals surface area contributed by atoms with Crippen molar-refractivity contribution < 1.29 is 13.9 Å². The lowest BCUT2D eigenvalue weighted by molar-refractivity contribution is -0.136. The predicted molar refractivity (Wildman–Crippen MR) is 38.8 cm³/mol. The van der Waals surface area contributed by atoms with Crippen molar-refractivity contribution in [1.82, 2.24) is 0 Å². The summed E-state index contributed by atoms with van der Waals surface area (Å²) in [7, 11) is 0. The molecule has 0 amide bonds. The molecular weight excluding hydrogens is 161 g/mol. The van der Waals surface area contributed by atoms with E-state index in [-0.39, 0.29) is 12.5 Å². The first-order valence-corrected chi connectivity index (χ1v) is 3.90. The molecule has 0 aromatic heterocycles. The summed E-state index contributed by atoms with van der Waals surface area (Å²) in [5.41, 5.74) is 0. The van der Waals surface area contributed by atoms with Crippen molar-refractivity contribution in [3.05, 3.63) is 0 Å². The van der Waals surface area contributed by atoms with E-state index in [1.165, 1.54) is 0 Å². The molecule has 0 saturated heterocycles. The standard InChI is InChI=1S/C8H10FNO2/c9-8-3-7(12-5-11)2-1-6(8)4-10/h5-8H,1-3H2. The molecule has 12 heavy (non-hydrogen) atoms. The average molecular weight is 171 g/mol. The normalized spacial score (nSPS) is 35.2. The van der Waals surface area contributed by atoms with Crippen LogP contribution in [-0.2, 0) is 9.53 Å². The number of halogens is 1. The van der Waals surface area contributed by atoms with Crippen LogP contribution in [-0.4, -0.2) is 18.7 Å². The average Bonchev–Trinajstić information content (AvgIpc) is 2.05. The topological polar surface area (TPSA) is 50.1 Å². The van der Waals surface area contributed by atoms with Crippen LogP contribution in [0.1, 0.15) is 19.3 Å². The minimum Gasteiger partial charge on any atom is -0.464 e. The lowest BCUT2D eigenvalue weighted by Gasteiger charge is -2.26. The van der Waals surface area contributed by atoms with Gasteiger partial charge in [0.1, 0.15) is 12.3 Å². The Hall–Kier alpha value is -1.11. The van der Waals surface area contributed by atoms with Crippen molar-refractivity contribution >= 4 is 6.47 Å². The second kappa shape index (κ2) is 4.05. The van der Waals surface area contributed by atoms with E-state index >= 15 is 0 Å². The van der Waals surface area contributed by atoms with Gasteiger partial charge in [0.2, 0.25) is 0 Å². The largest absolute Gasteiger partial charge is 0.464 e. The lowest BCUT2D eigenvalue weighted by atomic mass is 9.87. The fraction of sp³-hybridized carbons (Fsp3) is 0.750. The third-order valence-electron chi connectivity index (χ3n) is 2.14. The zero-order chi connectivity index (χ0) is 8.97. The van der Waals surface area contributed by atoms with E-state index in [4.69, 9.17) is 5.26 Å². The van der Waals surface area contributed by atoms with Crippen LogP contribution in [0.4, 0.5) is 4.39 Å². The third kappa shape index (κ3) is 1.94. The molecule has 4 heteroatoms. The summed E-state index contributed by atoms with van der Waals surface area (Å²) in [6, 6.07) is 1.90. The maximum Gasteiger partial charge on any atom is 0.293 e. The molecule has 0 aromatic carbocycles. The molecule has 1 aliphatic rings. The monoisotopic (exact) mass is 171 g/mol. The molecule has 3 unspecified atom stereocenters. The highest BCUT2D eigenvalue weighted by Crippen LogP contribution is 2.27. The fourth-order valence-corrected chi connectivity index (χ4v) is 1.43. The second-order valence-corrected chi connectivity index (χ2v) is 2.92. The predicted octanol–water partition coefficient (Wildman–Crippen LogP) is 1.19. The smallest absolute Gasteiger partial charge is 0.293 e. The molecule has 1 rings (SSSR count). The summed E-state index contributed by atoms with van der Waals surface area (Å²) in [4.78, 5) is 9.92. The van der Waals surface area contributed by atoms with Gasteiger partial charge in [-0.05, 0) is 12.8 Å². The van der Waals surface area contributed by atoms with E-state index in [0.29, 0.717) is 19.3 Å². The first kappa shape index (κ1) is 8.98. The van der Waals surface area contributed by atoms with Gasteiger partial charge in [-0.1, -0.05) is 0 Å². The number of nitriles is 1. The van der Waals surface area contributed by atoms with E-state index in [1.807, 2.05) is 6.07 Å². The quantitative estimate of drug-likeness (QED) is 0.586. The van der Waals surface area contributed by atoms with Gasteiger partial charge in [0.15, 0.2) is 0 Å². The number of hydrogen-bond acceptors (Lipinski definition) is 3. The Morgan fingerprint density at radius 1 is 1.58 bits per heavy atom. The number of ether oxygens (including phenoxy) is 1. The molecule has 0 aliphatic heterocycles. The van der Waals surface area contributed by atoms with Crippen LogP contribution in [0.2, 0.25) is 0 Å². The molecule has 0 heterocycles. The molecule has 0 N–H and O–H groups in total. The van der Waals surface area contributed by atoms with Crippen molar-refractivity contribution in [1.29, 1.82) is 5.26 Å². The number of carbonyl (C=O) groups excluding carboxylic acids is 1. The van der Waals surface area contributed by atoms with E-state index in [0.717, 1.165) is 0 Å². The molecule has 0 radical (unpaired) electrons. The Morgan fingerprint density at radius 3 is 2.83 bits per heavy atom. The Balaban J connectivity index is 2.41. The first-order chi connectivity index (χ1) is 5.77. The van der Waals surface area contributed by atoms with Gasteiger partial charge in [-0.2, -0.15) is 5.26 Å². The summed E-state index contributed by atoms with van der Waals surface area (Å²) in [6.07, 6.45) is -0.236. The lowest BCUT2D eigenvalue weighted by Crippen LogP contribution is -2.29. The van der Waals surface area contributed by atoms with Gasteiger partial charge in [-0.25, -0.2) is 4.39 Å². The fourth-order valence-electron chi connectivity index (χ4n) is 1.43. The second-order valence-electron chi connectivity index (χ2n) is 2.92. The summed E-state index contributed by atoms with van der Waals surface area (Å²) < 4.78 is 17.6. The first-order valence-electron chi connectivity index (χ1n) is 3.90. The summed E-state index contributed by atoms with van der Waals surface area (Å²) >= 11 is 0. The van der Waals surface area contributed by atoms with Crippen LogP contribution < -0.4 is 0 Å². The molecule has 0 aromatic rings. The van der Waals surface area contributed by atoms with Crippen molar-refractivity contribution in [2.45, 2.75) is 31.5 Å². The molecule has 3 atom stereocenters. The molecule has 0 bridgehead atoms. The van der Waals surface area contributed by atoms with Crippen molar-refractivity contribution in [2.75, 3.05) is 0 Å². The third-order valence-corrected chi connectivity index (χ3v) is 2.14. The van der Waals surface area contributed by atoms with E-state index in [1.54, 1.807) is 0 Å². The van der Waals surface area contributed by atoms with Gasteiger partial charge in [-0.15, -0.1) is 0 Å². The molecular formula is C8H10FNO2. The molecule has 1 saturated carbocycles. The van der Waals surface area contributed by atoms with Crippen molar-refractivity contribution in [3.63, 3.8) is 0 Å². The Kier molecular flexibility index (Phi) is 3.03. The molecule has 1 fully saturated rings. The van der Waals surface area contributed by atoms with E-state index in [2.05, 4.69) is 4.74 Å². The zero-order valence-electron chi connectivity index (χ0n) is 6.57. The van der Waals surface area contributed by atoms with Gasteiger partial charge in [0.05, 0.1) is 12.0 Å². The number of rotatable bonds is 2. The number of alkyl halides is 1.